The van der Waals surface area contributed by atoms with Crippen LogP contribution < -0.4 is 5.32 Å². The van der Waals surface area contributed by atoms with Crippen LogP contribution in [0.15, 0.2) is 0 Å². The zero-order chi connectivity index (χ0) is 10.8. The molecule has 4 heteroatoms. The van der Waals surface area contributed by atoms with Gasteiger partial charge in [0.1, 0.15) is 0 Å². The molecule has 0 spiro atoms. The van der Waals surface area contributed by atoms with Crippen LogP contribution >= 0.6 is 0 Å². The van der Waals surface area contributed by atoms with Gasteiger partial charge in [-0.05, 0) is 25.7 Å². The molecule has 1 N–H and O–H groups in total. The first-order valence-corrected chi connectivity index (χ1v) is 5.73. The van der Waals surface area contributed by atoms with E-state index in [0.717, 1.165) is 32.2 Å². The van der Waals surface area contributed by atoms with Crippen LogP contribution in [-0.4, -0.2) is 35.3 Å². The zero-order valence-corrected chi connectivity index (χ0v) is 9.16. The Kier molecular flexibility index (Phi) is 2.93. The quantitative estimate of drug-likeness (QED) is 0.691. The summed E-state index contributed by atoms with van der Waals surface area (Å²) in [6, 6.07) is 0.645. The van der Waals surface area contributed by atoms with Crippen molar-refractivity contribution in [2.45, 2.75) is 51.1 Å². The fraction of sp³-hybridized carbons (Fsp3) is 0.818. The maximum absolute atomic E-state index is 11.6. The van der Waals surface area contributed by atoms with E-state index in [4.69, 9.17) is 0 Å². The van der Waals surface area contributed by atoms with Gasteiger partial charge in [-0.2, -0.15) is 0 Å². The molecule has 2 saturated heterocycles. The Morgan fingerprint density at radius 3 is 3.00 bits per heavy atom. The van der Waals surface area contributed by atoms with Crippen molar-refractivity contribution in [1.82, 2.24) is 10.2 Å². The second-order valence-electron chi connectivity index (χ2n) is 4.56. The predicted octanol–water partition coefficient (Wildman–Crippen LogP) is 0.666. The Morgan fingerprint density at radius 2 is 2.27 bits per heavy atom. The van der Waals surface area contributed by atoms with E-state index in [1.165, 1.54) is 0 Å². The number of rotatable bonds is 1. The molecular weight excluding hydrogens is 192 g/mol. The average molecular weight is 210 g/mol. The van der Waals surface area contributed by atoms with Gasteiger partial charge in [-0.15, -0.1) is 0 Å². The number of hydrogen-bond donors (Lipinski definition) is 1. The van der Waals surface area contributed by atoms with E-state index in [2.05, 4.69) is 5.32 Å². The van der Waals surface area contributed by atoms with Crippen molar-refractivity contribution < 1.29 is 9.59 Å². The number of piperidine rings is 2. The second kappa shape index (κ2) is 4.21. The van der Waals surface area contributed by atoms with Gasteiger partial charge in [0.25, 0.3) is 0 Å². The van der Waals surface area contributed by atoms with Gasteiger partial charge in [-0.1, -0.05) is 0 Å². The highest BCUT2D eigenvalue weighted by molar-refractivity contribution is 5.77. The number of carbonyl (C=O) groups is 2. The molecule has 2 aliphatic heterocycles. The first-order chi connectivity index (χ1) is 7.16. The van der Waals surface area contributed by atoms with Gasteiger partial charge < -0.3 is 10.2 Å². The van der Waals surface area contributed by atoms with E-state index in [-0.39, 0.29) is 11.9 Å². The first-order valence-electron chi connectivity index (χ1n) is 5.73. The van der Waals surface area contributed by atoms with Crippen LogP contribution in [-0.2, 0) is 9.59 Å². The lowest BCUT2D eigenvalue weighted by Crippen LogP contribution is -2.53. The third-order valence-corrected chi connectivity index (χ3v) is 3.37. The molecule has 84 valence electrons. The zero-order valence-electron chi connectivity index (χ0n) is 9.16. The number of carbonyl (C=O) groups excluding carboxylic acids is 2. The summed E-state index contributed by atoms with van der Waals surface area (Å²) in [6.07, 6.45) is 4.66. The van der Waals surface area contributed by atoms with E-state index >= 15 is 0 Å². The largest absolute Gasteiger partial charge is 0.353 e. The summed E-state index contributed by atoms with van der Waals surface area (Å²) < 4.78 is 0. The normalized spacial score (nSPS) is 31.0. The molecule has 0 bridgehead atoms. The van der Waals surface area contributed by atoms with Crippen molar-refractivity contribution in [3.05, 3.63) is 0 Å². The monoisotopic (exact) mass is 210 g/mol. The minimum absolute atomic E-state index is 0.0376. The third-order valence-electron chi connectivity index (χ3n) is 3.37. The lowest BCUT2D eigenvalue weighted by atomic mass is 9.90. The van der Waals surface area contributed by atoms with E-state index in [0.29, 0.717) is 18.4 Å². The molecule has 2 rings (SSSR count). The SMILES string of the molecule is CC(=O)N[C@@H]1CCN2C(=O)CCC[C@@H]2C1. The van der Waals surface area contributed by atoms with Crippen molar-refractivity contribution in [3.63, 3.8) is 0 Å². The van der Waals surface area contributed by atoms with Gasteiger partial charge in [0.15, 0.2) is 0 Å². The summed E-state index contributed by atoms with van der Waals surface area (Å²) >= 11 is 0. The number of amides is 2. The van der Waals surface area contributed by atoms with Crippen LogP contribution in [0.2, 0.25) is 0 Å². The Bertz CT molecular complexity index is 278. The van der Waals surface area contributed by atoms with Gasteiger partial charge >= 0.3 is 0 Å². The molecule has 0 aromatic rings. The Balaban J connectivity index is 1.93. The maximum Gasteiger partial charge on any atom is 0.222 e. The Morgan fingerprint density at radius 1 is 1.47 bits per heavy atom. The number of hydrogen-bond acceptors (Lipinski definition) is 2. The fourth-order valence-electron chi connectivity index (χ4n) is 2.70. The molecule has 4 nitrogen and oxygen atoms in total. The van der Waals surface area contributed by atoms with Gasteiger partial charge in [0.2, 0.25) is 11.8 Å². The van der Waals surface area contributed by atoms with Crippen LogP contribution in [0.1, 0.15) is 39.0 Å². The van der Waals surface area contributed by atoms with Crippen LogP contribution in [0.3, 0.4) is 0 Å². The number of nitrogens with zero attached hydrogens (tertiary/aromatic N) is 1. The van der Waals surface area contributed by atoms with Crippen LogP contribution in [0.5, 0.6) is 0 Å². The number of nitrogens with one attached hydrogen (secondary N) is 1. The maximum atomic E-state index is 11.6. The van der Waals surface area contributed by atoms with E-state index in [9.17, 15) is 9.59 Å². The smallest absolute Gasteiger partial charge is 0.222 e. The molecule has 2 aliphatic rings. The van der Waals surface area contributed by atoms with Gasteiger partial charge in [0.05, 0.1) is 0 Å². The molecule has 15 heavy (non-hydrogen) atoms. The molecule has 0 radical (unpaired) electrons. The molecule has 2 heterocycles. The standard InChI is InChI=1S/C11H18N2O2/c1-8(14)12-9-5-6-13-10(7-9)3-2-4-11(13)15/h9-10H,2-7H2,1H3,(H,12,14)/t9-,10-/m1/s1. The summed E-state index contributed by atoms with van der Waals surface area (Å²) in [6.45, 7) is 2.37. The topological polar surface area (TPSA) is 49.4 Å². The Hall–Kier alpha value is -1.06. The number of fused-ring (bicyclic) bond motifs is 1. The second-order valence-corrected chi connectivity index (χ2v) is 4.56. The summed E-state index contributed by atoms with van der Waals surface area (Å²) in [7, 11) is 0. The molecule has 0 unspecified atom stereocenters. The van der Waals surface area contributed by atoms with Crippen molar-refractivity contribution in [2.24, 2.45) is 0 Å². The molecule has 0 aromatic heterocycles. The van der Waals surface area contributed by atoms with Crippen molar-refractivity contribution in [3.8, 4) is 0 Å². The van der Waals surface area contributed by atoms with Gasteiger partial charge in [-0.3, -0.25) is 9.59 Å². The first kappa shape index (κ1) is 10.5. The molecule has 0 aromatic carbocycles. The highest BCUT2D eigenvalue weighted by Gasteiger charge is 2.33. The van der Waals surface area contributed by atoms with E-state index in [1.807, 2.05) is 4.90 Å². The third kappa shape index (κ3) is 2.30. The predicted molar refractivity (Wildman–Crippen MR) is 56.2 cm³/mol. The van der Waals surface area contributed by atoms with Gasteiger partial charge in [-0.25, -0.2) is 0 Å². The average Bonchev–Trinajstić information content (AvgIpc) is 2.17. The molecule has 0 saturated carbocycles. The highest BCUT2D eigenvalue weighted by Crippen LogP contribution is 2.26. The van der Waals surface area contributed by atoms with Crippen molar-refractivity contribution in [2.75, 3.05) is 6.54 Å². The van der Waals surface area contributed by atoms with Crippen molar-refractivity contribution >= 4 is 11.8 Å². The molecular formula is C11H18N2O2. The summed E-state index contributed by atoms with van der Waals surface area (Å²) in [5, 5.41) is 2.95. The summed E-state index contributed by atoms with van der Waals surface area (Å²) in [5.41, 5.74) is 0. The minimum Gasteiger partial charge on any atom is -0.353 e. The van der Waals surface area contributed by atoms with Crippen LogP contribution in [0.25, 0.3) is 0 Å². The van der Waals surface area contributed by atoms with Crippen LogP contribution in [0, 0.1) is 0 Å². The highest BCUT2D eigenvalue weighted by atomic mass is 16.2. The molecule has 2 amide bonds. The van der Waals surface area contributed by atoms with Crippen molar-refractivity contribution in [1.29, 1.82) is 0 Å². The fourth-order valence-corrected chi connectivity index (χ4v) is 2.70. The van der Waals surface area contributed by atoms with E-state index in [1.54, 1.807) is 6.92 Å². The Labute approximate surface area is 90.0 Å². The summed E-state index contributed by atoms with van der Waals surface area (Å²) in [5.74, 6) is 0.336. The molecule has 0 aliphatic carbocycles. The lowest BCUT2D eigenvalue weighted by molar-refractivity contribution is -0.138. The van der Waals surface area contributed by atoms with E-state index < -0.39 is 0 Å². The lowest BCUT2D eigenvalue weighted by Gasteiger charge is -2.42. The van der Waals surface area contributed by atoms with Crippen LogP contribution in [0.4, 0.5) is 0 Å². The molecule has 2 atom stereocenters. The minimum atomic E-state index is 0.0376. The summed E-state index contributed by atoms with van der Waals surface area (Å²) in [4.78, 5) is 24.5. The molecule has 2 fully saturated rings. The van der Waals surface area contributed by atoms with Gasteiger partial charge in [0, 0.05) is 32.0 Å².